The van der Waals surface area contributed by atoms with Crippen molar-refractivity contribution in [2.75, 3.05) is 18.9 Å². The lowest BCUT2D eigenvalue weighted by Crippen LogP contribution is -2.36. The van der Waals surface area contributed by atoms with E-state index in [1.807, 2.05) is 0 Å². The Kier molecular flexibility index (Phi) is 6.40. The summed E-state index contributed by atoms with van der Waals surface area (Å²) < 4.78 is 25.7. The summed E-state index contributed by atoms with van der Waals surface area (Å²) in [5.74, 6) is -0.784. The molecule has 1 rings (SSSR count). The first-order valence-corrected chi connectivity index (χ1v) is 8.20. The normalized spacial score (nSPS) is 11.0. The Morgan fingerprint density at radius 2 is 1.70 bits per heavy atom. The van der Waals surface area contributed by atoms with Crippen LogP contribution in [0.4, 0.5) is 5.69 Å². The second-order valence-electron chi connectivity index (χ2n) is 5.06. The number of benzene rings is 1. The van der Waals surface area contributed by atoms with Crippen molar-refractivity contribution < 1.29 is 18.0 Å². The Balaban J connectivity index is 2.82. The number of likely N-dealkylation sites (N-methyl/N-ethyl adjacent to an activating group) is 1. The van der Waals surface area contributed by atoms with Crippen molar-refractivity contribution >= 4 is 33.2 Å². The SMILES string of the molecule is CC(=O)Nc1ccc(S(=O)(=O)N(C)CC(=O)NN=C(C)C)cc1. The number of carbonyl (C=O) groups is 2. The largest absolute Gasteiger partial charge is 0.326 e. The van der Waals surface area contributed by atoms with E-state index in [9.17, 15) is 18.0 Å². The molecule has 0 saturated carbocycles. The number of sulfonamides is 1. The molecule has 2 amide bonds. The summed E-state index contributed by atoms with van der Waals surface area (Å²) in [4.78, 5) is 22.6. The molecule has 0 fully saturated rings. The molecular weight excluding hydrogens is 320 g/mol. The van der Waals surface area contributed by atoms with Gasteiger partial charge < -0.3 is 5.32 Å². The Morgan fingerprint density at radius 1 is 1.13 bits per heavy atom. The van der Waals surface area contributed by atoms with Gasteiger partial charge in [-0.05, 0) is 38.1 Å². The van der Waals surface area contributed by atoms with Gasteiger partial charge in [-0.3, -0.25) is 9.59 Å². The van der Waals surface area contributed by atoms with Crippen LogP contribution in [-0.4, -0.2) is 43.8 Å². The molecule has 8 nitrogen and oxygen atoms in total. The standard InChI is InChI=1S/C14H20N4O4S/c1-10(2)16-17-14(20)9-18(4)23(21,22)13-7-5-12(6-8-13)15-11(3)19/h5-8H,9H2,1-4H3,(H,15,19)(H,17,20). The molecule has 1 aromatic carbocycles. The summed E-state index contributed by atoms with van der Waals surface area (Å²) in [7, 11) is -2.50. The fourth-order valence-corrected chi connectivity index (χ4v) is 2.72. The molecule has 0 aliphatic carbocycles. The third-order valence-corrected chi connectivity index (χ3v) is 4.47. The maximum Gasteiger partial charge on any atom is 0.255 e. The third-order valence-electron chi connectivity index (χ3n) is 2.65. The number of hydrogen-bond donors (Lipinski definition) is 2. The van der Waals surface area contributed by atoms with Crippen LogP contribution in [0, 0.1) is 0 Å². The zero-order valence-corrected chi connectivity index (χ0v) is 14.3. The van der Waals surface area contributed by atoms with Gasteiger partial charge in [0, 0.05) is 25.4 Å². The van der Waals surface area contributed by atoms with Crippen LogP contribution in [-0.2, 0) is 19.6 Å². The van der Waals surface area contributed by atoms with E-state index in [0.717, 1.165) is 4.31 Å². The van der Waals surface area contributed by atoms with E-state index in [1.165, 1.54) is 38.2 Å². The van der Waals surface area contributed by atoms with Crippen LogP contribution in [0.5, 0.6) is 0 Å². The molecule has 0 atom stereocenters. The Labute approximate surface area is 135 Å². The molecule has 0 heterocycles. The zero-order valence-electron chi connectivity index (χ0n) is 13.5. The quantitative estimate of drug-likeness (QED) is 0.589. The summed E-state index contributed by atoms with van der Waals surface area (Å²) in [6.45, 7) is 4.42. The van der Waals surface area contributed by atoms with Crippen LogP contribution in [0.3, 0.4) is 0 Å². The van der Waals surface area contributed by atoms with Crippen molar-refractivity contribution in [2.45, 2.75) is 25.7 Å². The maximum absolute atomic E-state index is 12.4. The number of rotatable bonds is 6. The first kappa shape index (κ1) is 18.8. The highest BCUT2D eigenvalue weighted by Gasteiger charge is 2.22. The number of anilines is 1. The molecular formula is C14H20N4O4S. The molecule has 126 valence electrons. The molecule has 23 heavy (non-hydrogen) atoms. The second-order valence-corrected chi connectivity index (χ2v) is 7.11. The maximum atomic E-state index is 12.4. The molecule has 0 aliphatic heterocycles. The lowest BCUT2D eigenvalue weighted by atomic mass is 10.3. The topological polar surface area (TPSA) is 108 Å². The average molecular weight is 340 g/mol. The smallest absolute Gasteiger partial charge is 0.255 e. The summed E-state index contributed by atoms with van der Waals surface area (Å²) in [5, 5.41) is 6.27. The van der Waals surface area contributed by atoms with E-state index < -0.39 is 15.9 Å². The van der Waals surface area contributed by atoms with E-state index in [4.69, 9.17) is 0 Å². The number of nitrogens with one attached hydrogen (secondary N) is 2. The minimum Gasteiger partial charge on any atom is -0.326 e. The average Bonchev–Trinajstić information content (AvgIpc) is 2.45. The molecule has 0 saturated heterocycles. The highest BCUT2D eigenvalue weighted by atomic mass is 32.2. The van der Waals surface area contributed by atoms with Crippen molar-refractivity contribution in [1.29, 1.82) is 0 Å². The number of hydrogen-bond acceptors (Lipinski definition) is 5. The van der Waals surface area contributed by atoms with E-state index in [1.54, 1.807) is 13.8 Å². The zero-order chi connectivity index (χ0) is 17.6. The van der Waals surface area contributed by atoms with Crippen LogP contribution < -0.4 is 10.7 Å². The van der Waals surface area contributed by atoms with E-state index in [0.29, 0.717) is 11.4 Å². The van der Waals surface area contributed by atoms with Crippen LogP contribution in [0.1, 0.15) is 20.8 Å². The summed E-state index contributed by atoms with van der Waals surface area (Å²) in [5.41, 5.74) is 3.40. The Hall–Kier alpha value is -2.26. The molecule has 2 N–H and O–H groups in total. The molecule has 0 aromatic heterocycles. The molecule has 0 radical (unpaired) electrons. The van der Waals surface area contributed by atoms with Gasteiger partial charge in [0.15, 0.2) is 0 Å². The number of nitrogens with zero attached hydrogens (tertiary/aromatic N) is 2. The van der Waals surface area contributed by atoms with Gasteiger partial charge in [-0.2, -0.15) is 9.41 Å². The lowest BCUT2D eigenvalue weighted by Gasteiger charge is -2.16. The number of amides is 2. The Bertz CT molecular complexity index is 707. The van der Waals surface area contributed by atoms with Crippen LogP contribution in [0.25, 0.3) is 0 Å². The highest BCUT2D eigenvalue weighted by Crippen LogP contribution is 2.17. The minimum atomic E-state index is -3.81. The molecule has 9 heteroatoms. The molecule has 0 unspecified atom stereocenters. The van der Waals surface area contributed by atoms with Crippen molar-refractivity contribution in [3.05, 3.63) is 24.3 Å². The first-order valence-electron chi connectivity index (χ1n) is 6.76. The minimum absolute atomic E-state index is 0.0251. The van der Waals surface area contributed by atoms with E-state index in [-0.39, 0.29) is 17.3 Å². The van der Waals surface area contributed by atoms with Gasteiger partial charge in [-0.15, -0.1) is 0 Å². The van der Waals surface area contributed by atoms with Gasteiger partial charge in [0.05, 0.1) is 11.4 Å². The number of hydrazone groups is 1. The van der Waals surface area contributed by atoms with Crippen molar-refractivity contribution in [1.82, 2.24) is 9.73 Å². The van der Waals surface area contributed by atoms with Gasteiger partial charge in [-0.25, -0.2) is 13.8 Å². The van der Waals surface area contributed by atoms with Crippen LogP contribution >= 0.6 is 0 Å². The van der Waals surface area contributed by atoms with Crippen LogP contribution in [0.2, 0.25) is 0 Å². The van der Waals surface area contributed by atoms with Gasteiger partial charge in [0.25, 0.3) is 5.91 Å². The summed E-state index contributed by atoms with van der Waals surface area (Å²) in [6.07, 6.45) is 0. The summed E-state index contributed by atoms with van der Waals surface area (Å²) >= 11 is 0. The molecule has 0 aliphatic rings. The van der Waals surface area contributed by atoms with Gasteiger partial charge in [0.1, 0.15) is 0 Å². The van der Waals surface area contributed by atoms with E-state index >= 15 is 0 Å². The monoisotopic (exact) mass is 340 g/mol. The first-order chi connectivity index (χ1) is 10.6. The van der Waals surface area contributed by atoms with Gasteiger partial charge in [-0.1, -0.05) is 0 Å². The van der Waals surface area contributed by atoms with Gasteiger partial charge >= 0.3 is 0 Å². The van der Waals surface area contributed by atoms with E-state index in [2.05, 4.69) is 15.8 Å². The third kappa shape index (κ3) is 5.80. The van der Waals surface area contributed by atoms with Crippen LogP contribution in [0.15, 0.2) is 34.3 Å². The molecule has 1 aromatic rings. The molecule has 0 bridgehead atoms. The Morgan fingerprint density at radius 3 is 2.17 bits per heavy atom. The van der Waals surface area contributed by atoms with Gasteiger partial charge in [0.2, 0.25) is 15.9 Å². The fourth-order valence-electron chi connectivity index (χ4n) is 1.59. The van der Waals surface area contributed by atoms with Crippen molar-refractivity contribution in [3.63, 3.8) is 0 Å². The predicted octanol–water partition coefficient (Wildman–Crippen LogP) is 0.778. The lowest BCUT2D eigenvalue weighted by molar-refractivity contribution is -0.121. The summed E-state index contributed by atoms with van der Waals surface area (Å²) in [6, 6.07) is 5.69. The predicted molar refractivity (Wildman–Crippen MR) is 87.5 cm³/mol. The number of carbonyl (C=O) groups excluding carboxylic acids is 2. The second kappa shape index (κ2) is 7.84. The highest BCUT2D eigenvalue weighted by molar-refractivity contribution is 7.89. The fraction of sp³-hybridized carbons (Fsp3) is 0.357. The molecule has 0 spiro atoms. The van der Waals surface area contributed by atoms with Crippen molar-refractivity contribution in [3.8, 4) is 0 Å². The van der Waals surface area contributed by atoms with Crippen molar-refractivity contribution in [2.24, 2.45) is 5.10 Å².